The van der Waals surface area contributed by atoms with Crippen LogP contribution in [0.4, 0.5) is 0 Å². The second kappa shape index (κ2) is 7.11. The fourth-order valence-electron chi connectivity index (χ4n) is 2.62. The molecular weight excluding hydrogens is 292 g/mol. The number of carbonyl (C=O) groups is 1. The second-order valence-corrected chi connectivity index (χ2v) is 5.65. The summed E-state index contributed by atoms with van der Waals surface area (Å²) in [6, 6.07) is 4.68. The first kappa shape index (κ1) is 16.1. The first-order valence-corrected chi connectivity index (χ1v) is 7.57. The minimum Gasteiger partial charge on any atom is -0.506 e. The van der Waals surface area contributed by atoms with Crippen LogP contribution in [-0.4, -0.2) is 64.7 Å². The van der Waals surface area contributed by atoms with Gasteiger partial charge < -0.3 is 15.1 Å². The molecular formula is C15H21ClN2O3. The zero-order chi connectivity index (χ0) is 15.4. The summed E-state index contributed by atoms with van der Waals surface area (Å²) in [4.78, 5) is 16.4. The van der Waals surface area contributed by atoms with Crippen LogP contribution in [0.1, 0.15) is 23.7 Å². The zero-order valence-electron chi connectivity index (χ0n) is 12.1. The van der Waals surface area contributed by atoms with Gasteiger partial charge >= 0.3 is 0 Å². The standard InChI is InChI=1S/C15H21ClN2O3/c1-2-12(10-19)17-5-7-18(8-6-17)15(21)11-3-4-14(20)13(16)9-11/h3-4,9,12,19-20H,2,5-8,10H2,1H3. The van der Waals surface area contributed by atoms with Gasteiger partial charge in [-0.15, -0.1) is 0 Å². The van der Waals surface area contributed by atoms with Gasteiger partial charge in [0.15, 0.2) is 0 Å². The molecule has 1 atom stereocenters. The maximum Gasteiger partial charge on any atom is 0.253 e. The van der Waals surface area contributed by atoms with E-state index in [1.807, 2.05) is 0 Å². The number of aliphatic hydroxyl groups excluding tert-OH is 1. The number of hydrogen-bond acceptors (Lipinski definition) is 4. The Morgan fingerprint density at radius 2 is 2.00 bits per heavy atom. The highest BCUT2D eigenvalue weighted by molar-refractivity contribution is 6.32. The lowest BCUT2D eigenvalue weighted by Gasteiger charge is -2.38. The van der Waals surface area contributed by atoms with Gasteiger partial charge in [0, 0.05) is 37.8 Å². The largest absolute Gasteiger partial charge is 0.506 e. The Labute approximate surface area is 129 Å². The van der Waals surface area contributed by atoms with E-state index in [1.165, 1.54) is 12.1 Å². The number of rotatable bonds is 4. The van der Waals surface area contributed by atoms with Crippen LogP contribution in [0.5, 0.6) is 5.75 Å². The van der Waals surface area contributed by atoms with E-state index in [0.29, 0.717) is 18.7 Å². The third-order valence-corrected chi connectivity index (χ3v) is 4.30. The maximum atomic E-state index is 12.4. The van der Waals surface area contributed by atoms with Crippen molar-refractivity contribution >= 4 is 17.5 Å². The van der Waals surface area contributed by atoms with Crippen LogP contribution in [-0.2, 0) is 0 Å². The molecule has 1 heterocycles. The van der Waals surface area contributed by atoms with Gasteiger partial charge in [-0.1, -0.05) is 18.5 Å². The number of hydrogen-bond donors (Lipinski definition) is 2. The maximum absolute atomic E-state index is 12.4. The minimum absolute atomic E-state index is 0.0215. The second-order valence-electron chi connectivity index (χ2n) is 5.24. The van der Waals surface area contributed by atoms with E-state index < -0.39 is 0 Å². The molecule has 1 fully saturated rings. The molecule has 0 aromatic heterocycles. The molecule has 2 N–H and O–H groups in total. The molecule has 2 rings (SSSR count). The molecule has 1 unspecified atom stereocenters. The van der Waals surface area contributed by atoms with E-state index in [1.54, 1.807) is 11.0 Å². The number of aliphatic hydroxyl groups is 1. The summed E-state index contributed by atoms with van der Waals surface area (Å²) in [6.07, 6.45) is 0.901. The Morgan fingerprint density at radius 3 is 2.52 bits per heavy atom. The highest BCUT2D eigenvalue weighted by atomic mass is 35.5. The van der Waals surface area contributed by atoms with Crippen molar-refractivity contribution in [3.8, 4) is 5.75 Å². The van der Waals surface area contributed by atoms with Crippen LogP contribution in [0.15, 0.2) is 18.2 Å². The van der Waals surface area contributed by atoms with Crippen molar-refractivity contribution in [2.45, 2.75) is 19.4 Å². The molecule has 1 aromatic carbocycles. The molecule has 6 heteroatoms. The SMILES string of the molecule is CCC(CO)N1CCN(C(=O)c2ccc(O)c(Cl)c2)CC1. The number of aromatic hydroxyl groups is 1. The Kier molecular flexibility index (Phi) is 5.45. The van der Waals surface area contributed by atoms with Gasteiger partial charge in [-0.2, -0.15) is 0 Å². The van der Waals surface area contributed by atoms with Crippen molar-refractivity contribution in [3.05, 3.63) is 28.8 Å². The van der Waals surface area contributed by atoms with Gasteiger partial charge in [-0.05, 0) is 24.6 Å². The van der Waals surface area contributed by atoms with Crippen molar-refractivity contribution in [1.82, 2.24) is 9.80 Å². The Bertz CT molecular complexity index is 498. The smallest absolute Gasteiger partial charge is 0.253 e. The lowest BCUT2D eigenvalue weighted by molar-refractivity contribution is 0.0472. The fraction of sp³-hybridized carbons (Fsp3) is 0.533. The summed E-state index contributed by atoms with van der Waals surface area (Å²) in [5.41, 5.74) is 0.487. The summed E-state index contributed by atoms with van der Waals surface area (Å²) in [7, 11) is 0. The Hall–Kier alpha value is -1.30. The molecule has 0 bridgehead atoms. The molecule has 1 amide bonds. The number of benzene rings is 1. The number of amides is 1. The first-order valence-electron chi connectivity index (χ1n) is 7.19. The summed E-state index contributed by atoms with van der Waals surface area (Å²) in [5.74, 6) is -0.0969. The number of halogens is 1. The summed E-state index contributed by atoms with van der Waals surface area (Å²) in [6.45, 7) is 4.99. The van der Waals surface area contributed by atoms with E-state index in [9.17, 15) is 15.0 Å². The molecule has 5 nitrogen and oxygen atoms in total. The van der Waals surface area contributed by atoms with E-state index in [-0.39, 0.29) is 29.3 Å². The molecule has 1 aromatic rings. The van der Waals surface area contributed by atoms with Gasteiger partial charge in [0.05, 0.1) is 11.6 Å². The number of phenolic OH excluding ortho intramolecular Hbond substituents is 1. The topological polar surface area (TPSA) is 64.0 Å². The number of carbonyl (C=O) groups excluding carboxylic acids is 1. The monoisotopic (exact) mass is 312 g/mol. The number of nitrogens with zero attached hydrogens (tertiary/aromatic N) is 2. The van der Waals surface area contributed by atoms with Crippen LogP contribution in [0.2, 0.25) is 5.02 Å². The van der Waals surface area contributed by atoms with Crippen molar-refractivity contribution in [3.63, 3.8) is 0 Å². The first-order chi connectivity index (χ1) is 10.1. The van der Waals surface area contributed by atoms with Crippen molar-refractivity contribution in [2.24, 2.45) is 0 Å². The molecule has 1 aliphatic rings. The molecule has 116 valence electrons. The highest BCUT2D eigenvalue weighted by Crippen LogP contribution is 2.24. The summed E-state index contributed by atoms with van der Waals surface area (Å²) in [5, 5.41) is 18.9. The molecule has 1 aliphatic heterocycles. The summed E-state index contributed by atoms with van der Waals surface area (Å²) < 4.78 is 0. The summed E-state index contributed by atoms with van der Waals surface area (Å²) >= 11 is 5.84. The van der Waals surface area contributed by atoms with Crippen LogP contribution in [0, 0.1) is 0 Å². The van der Waals surface area contributed by atoms with E-state index in [0.717, 1.165) is 19.5 Å². The van der Waals surface area contributed by atoms with Gasteiger partial charge in [-0.25, -0.2) is 0 Å². The average molecular weight is 313 g/mol. The van der Waals surface area contributed by atoms with Crippen LogP contribution < -0.4 is 0 Å². The normalized spacial score (nSPS) is 17.8. The lowest BCUT2D eigenvalue weighted by atomic mass is 10.1. The third kappa shape index (κ3) is 3.67. The highest BCUT2D eigenvalue weighted by Gasteiger charge is 2.25. The van der Waals surface area contributed by atoms with E-state index in [4.69, 9.17) is 11.6 Å². The quantitative estimate of drug-likeness (QED) is 0.886. The molecule has 0 radical (unpaired) electrons. The Morgan fingerprint density at radius 1 is 1.33 bits per heavy atom. The fourth-order valence-corrected chi connectivity index (χ4v) is 2.80. The van der Waals surface area contributed by atoms with Crippen molar-refractivity contribution in [1.29, 1.82) is 0 Å². The van der Waals surface area contributed by atoms with Gasteiger partial charge in [0.1, 0.15) is 5.75 Å². The van der Waals surface area contributed by atoms with Gasteiger partial charge in [0.2, 0.25) is 0 Å². The van der Waals surface area contributed by atoms with Crippen LogP contribution in [0.25, 0.3) is 0 Å². The molecule has 0 saturated carbocycles. The predicted molar refractivity (Wildman–Crippen MR) is 81.8 cm³/mol. The van der Waals surface area contributed by atoms with Crippen molar-refractivity contribution in [2.75, 3.05) is 32.8 Å². The zero-order valence-corrected chi connectivity index (χ0v) is 12.9. The predicted octanol–water partition coefficient (Wildman–Crippen LogP) is 1.57. The van der Waals surface area contributed by atoms with Crippen LogP contribution >= 0.6 is 11.6 Å². The number of piperazine rings is 1. The molecule has 0 spiro atoms. The molecule has 1 saturated heterocycles. The van der Waals surface area contributed by atoms with Gasteiger partial charge in [0.25, 0.3) is 5.91 Å². The Balaban J connectivity index is 1.98. The van der Waals surface area contributed by atoms with E-state index in [2.05, 4.69) is 11.8 Å². The molecule has 21 heavy (non-hydrogen) atoms. The lowest BCUT2D eigenvalue weighted by Crippen LogP contribution is -2.52. The molecule has 0 aliphatic carbocycles. The third-order valence-electron chi connectivity index (χ3n) is 3.99. The average Bonchev–Trinajstić information content (AvgIpc) is 2.51. The minimum atomic E-state index is -0.0754. The van der Waals surface area contributed by atoms with Crippen LogP contribution in [0.3, 0.4) is 0 Å². The van der Waals surface area contributed by atoms with Gasteiger partial charge in [-0.3, -0.25) is 9.69 Å². The van der Waals surface area contributed by atoms with Crippen molar-refractivity contribution < 1.29 is 15.0 Å². The number of phenols is 1. The van der Waals surface area contributed by atoms with E-state index >= 15 is 0 Å².